The van der Waals surface area contributed by atoms with Crippen molar-refractivity contribution >= 4 is 27.8 Å². The Morgan fingerprint density at radius 3 is 2.52 bits per heavy atom. The molecule has 0 saturated heterocycles. The van der Waals surface area contributed by atoms with Crippen LogP contribution >= 0.6 is 15.9 Å². The molecule has 0 bridgehead atoms. The Hall–Kier alpha value is -1.40. The topological polar surface area (TPSA) is 66.8 Å². The third-order valence-corrected chi connectivity index (χ3v) is 5.45. The van der Waals surface area contributed by atoms with E-state index < -0.39 is 17.2 Å². The van der Waals surface area contributed by atoms with E-state index in [0.717, 1.165) is 21.2 Å². The molecule has 1 aliphatic heterocycles. The van der Waals surface area contributed by atoms with Gasteiger partial charge in [0, 0.05) is 17.4 Å². The molecule has 0 radical (unpaired) electrons. The predicted octanol–water partition coefficient (Wildman–Crippen LogP) is 3.93. The van der Waals surface area contributed by atoms with Crippen LogP contribution in [0.2, 0.25) is 0 Å². The summed E-state index contributed by atoms with van der Waals surface area (Å²) in [4.78, 5) is 26.4. The van der Waals surface area contributed by atoms with Gasteiger partial charge in [-0.3, -0.25) is 9.69 Å². The van der Waals surface area contributed by atoms with Crippen molar-refractivity contribution in [3.63, 3.8) is 0 Å². The first-order valence-electron chi connectivity index (χ1n) is 8.41. The van der Waals surface area contributed by atoms with Crippen LogP contribution in [0.15, 0.2) is 16.6 Å². The number of Topliss-reactive ketones (excluding diaryl/α,β-unsaturated/α-hetero) is 1. The summed E-state index contributed by atoms with van der Waals surface area (Å²) in [6.07, 6.45) is 0.435. The molecule has 0 spiro atoms. The largest absolute Gasteiger partial charge is 0.444 e. The van der Waals surface area contributed by atoms with Crippen LogP contribution in [0.1, 0.15) is 57.7 Å². The third-order valence-electron chi connectivity index (χ3n) is 4.46. The number of hydrogen-bond acceptors (Lipinski definition) is 4. The summed E-state index contributed by atoms with van der Waals surface area (Å²) >= 11 is 3.57. The van der Waals surface area contributed by atoms with Gasteiger partial charge < -0.3 is 9.84 Å². The number of rotatable bonds is 3. The summed E-state index contributed by atoms with van der Waals surface area (Å²) in [6.45, 7) is 9.32. The van der Waals surface area contributed by atoms with E-state index in [2.05, 4.69) is 15.9 Å². The SMILES string of the molecule is CC(=O)CC1(C)c2ccc(CO)c(Br)c2CCN1C(=O)OC(C)(C)C. The molecule has 0 saturated carbocycles. The monoisotopic (exact) mass is 411 g/mol. The van der Waals surface area contributed by atoms with Crippen molar-refractivity contribution in [2.75, 3.05) is 6.54 Å². The fraction of sp³-hybridized carbons (Fsp3) is 0.579. The normalized spacial score (nSPS) is 20.2. The van der Waals surface area contributed by atoms with Crippen LogP contribution < -0.4 is 0 Å². The Morgan fingerprint density at radius 2 is 2.00 bits per heavy atom. The number of aliphatic hydroxyl groups excluding tert-OH is 1. The van der Waals surface area contributed by atoms with Crippen LogP contribution in [-0.2, 0) is 28.1 Å². The summed E-state index contributed by atoms with van der Waals surface area (Å²) in [5, 5.41) is 9.49. The van der Waals surface area contributed by atoms with Gasteiger partial charge in [-0.2, -0.15) is 0 Å². The third kappa shape index (κ3) is 4.06. The highest BCUT2D eigenvalue weighted by Gasteiger charge is 2.44. The molecule has 1 aromatic carbocycles. The summed E-state index contributed by atoms with van der Waals surface area (Å²) < 4.78 is 6.42. The Morgan fingerprint density at radius 1 is 1.36 bits per heavy atom. The minimum Gasteiger partial charge on any atom is -0.444 e. The van der Waals surface area contributed by atoms with Crippen LogP contribution in [0.5, 0.6) is 0 Å². The Labute approximate surface area is 157 Å². The number of carbonyl (C=O) groups is 2. The fourth-order valence-corrected chi connectivity index (χ4v) is 4.11. The Kier molecular flexibility index (Phi) is 5.64. The average Bonchev–Trinajstić information content (AvgIpc) is 2.45. The number of aliphatic hydroxyl groups is 1. The second-order valence-corrected chi connectivity index (χ2v) is 8.55. The van der Waals surface area contributed by atoms with Crippen LogP contribution in [0.25, 0.3) is 0 Å². The molecule has 1 aliphatic rings. The van der Waals surface area contributed by atoms with E-state index in [9.17, 15) is 14.7 Å². The highest BCUT2D eigenvalue weighted by Crippen LogP contribution is 2.42. The van der Waals surface area contributed by atoms with Gasteiger partial charge in [-0.05, 0) is 57.7 Å². The van der Waals surface area contributed by atoms with Crippen LogP contribution in [-0.4, -0.2) is 34.0 Å². The van der Waals surface area contributed by atoms with E-state index in [0.29, 0.717) is 13.0 Å². The van der Waals surface area contributed by atoms with E-state index in [1.165, 1.54) is 6.92 Å². The maximum Gasteiger partial charge on any atom is 0.411 e. The fourth-order valence-electron chi connectivity index (χ4n) is 3.44. The van der Waals surface area contributed by atoms with Crippen molar-refractivity contribution in [1.29, 1.82) is 0 Å². The minimum atomic E-state index is -0.780. The first kappa shape index (κ1) is 19.9. The Balaban J connectivity index is 2.53. The van der Waals surface area contributed by atoms with E-state index in [1.807, 2.05) is 39.8 Å². The molecule has 6 heteroatoms. The van der Waals surface area contributed by atoms with Gasteiger partial charge in [0.25, 0.3) is 0 Å². The van der Waals surface area contributed by atoms with E-state index in [4.69, 9.17) is 4.74 Å². The summed E-state index contributed by atoms with van der Waals surface area (Å²) in [5.74, 6) is 0.00580. The summed E-state index contributed by atoms with van der Waals surface area (Å²) in [7, 11) is 0. The highest BCUT2D eigenvalue weighted by atomic mass is 79.9. The molecule has 1 unspecified atom stereocenters. The molecule has 0 aromatic heterocycles. The van der Waals surface area contributed by atoms with Gasteiger partial charge in [0.15, 0.2) is 0 Å². The van der Waals surface area contributed by atoms with Gasteiger partial charge in [0.05, 0.1) is 12.1 Å². The minimum absolute atomic E-state index is 0.00580. The molecule has 1 amide bonds. The Bertz CT molecular complexity index is 695. The first-order valence-corrected chi connectivity index (χ1v) is 9.20. The lowest BCUT2D eigenvalue weighted by Crippen LogP contribution is -2.54. The molecule has 0 fully saturated rings. The predicted molar refractivity (Wildman–Crippen MR) is 99.4 cm³/mol. The van der Waals surface area contributed by atoms with E-state index >= 15 is 0 Å². The quantitative estimate of drug-likeness (QED) is 0.817. The zero-order valence-corrected chi connectivity index (χ0v) is 17.1. The lowest BCUT2D eigenvalue weighted by atomic mass is 9.78. The van der Waals surface area contributed by atoms with Crippen molar-refractivity contribution in [3.8, 4) is 0 Å². The molecule has 1 atom stereocenters. The zero-order chi connectivity index (χ0) is 19.0. The van der Waals surface area contributed by atoms with E-state index in [-0.39, 0.29) is 18.8 Å². The second-order valence-electron chi connectivity index (χ2n) is 7.76. The standard InChI is InChI=1S/C19H26BrNO4/c1-12(23)10-19(5)15-7-6-13(11-22)16(20)14(15)8-9-21(19)17(24)25-18(2,3)4/h6-7,22H,8-11H2,1-5H3. The first-order chi connectivity index (χ1) is 11.5. The number of fused-ring (bicyclic) bond motifs is 1. The molecule has 1 aromatic rings. The molecule has 25 heavy (non-hydrogen) atoms. The lowest BCUT2D eigenvalue weighted by molar-refractivity contribution is -0.120. The second kappa shape index (κ2) is 7.08. The average molecular weight is 412 g/mol. The molecule has 5 nitrogen and oxygen atoms in total. The van der Waals surface area contributed by atoms with Crippen molar-refractivity contribution in [3.05, 3.63) is 33.3 Å². The zero-order valence-electron chi connectivity index (χ0n) is 15.5. The number of amides is 1. The number of nitrogens with zero attached hydrogens (tertiary/aromatic N) is 1. The van der Waals surface area contributed by atoms with Crippen molar-refractivity contribution < 1.29 is 19.4 Å². The van der Waals surface area contributed by atoms with Crippen molar-refractivity contribution in [2.45, 2.75) is 65.2 Å². The van der Waals surface area contributed by atoms with Gasteiger partial charge >= 0.3 is 6.09 Å². The van der Waals surface area contributed by atoms with Crippen molar-refractivity contribution in [1.82, 2.24) is 4.90 Å². The van der Waals surface area contributed by atoms with Gasteiger partial charge in [-0.1, -0.05) is 28.1 Å². The van der Waals surface area contributed by atoms with Crippen LogP contribution in [0, 0.1) is 0 Å². The molecule has 1 heterocycles. The lowest BCUT2D eigenvalue weighted by Gasteiger charge is -2.46. The molecule has 0 aliphatic carbocycles. The molecule has 2 rings (SSSR count). The van der Waals surface area contributed by atoms with Gasteiger partial charge in [-0.15, -0.1) is 0 Å². The summed E-state index contributed by atoms with van der Waals surface area (Å²) in [6, 6.07) is 3.74. The molecule has 1 N–H and O–H groups in total. The van der Waals surface area contributed by atoms with Gasteiger partial charge in [-0.25, -0.2) is 4.79 Å². The van der Waals surface area contributed by atoms with E-state index in [1.54, 1.807) is 4.90 Å². The number of halogens is 1. The van der Waals surface area contributed by atoms with Crippen LogP contribution in [0.3, 0.4) is 0 Å². The summed E-state index contributed by atoms with van der Waals surface area (Å²) in [5.41, 5.74) is 1.38. The van der Waals surface area contributed by atoms with Gasteiger partial charge in [0.1, 0.15) is 11.4 Å². The number of ketones is 1. The molecule has 138 valence electrons. The number of carbonyl (C=O) groups excluding carboxylic acids is 2. The molecular weight excluding hydrogens is 386 g/mol. The smallest absolute Gasteiger partial charge is 0.411 e. The maximum atomic E-state index is 12.8. The number of hydrogen-bond donors (Lipinski definition) is 1. The van der Waals surface area contributed by atoms with Crippen LogP contribution in [0.4, 0.5) is 4.79 Å². The number of benzene rings is 1. The molecular formula is C19H26BrNO4. The van der Waals surface area contributed by atoms with Gasteiger partial charge in [0.2, 0.25) is 0 Å². The maximum absolute atomic E-state index is 12.8. The highest BCUT2D eigenvalue weighted by molar-refractivity contribution is 9.10. The number of ether oxygens (including phenoxy) is 1. The van der Waals surface area contributed by atoms with Crippen molar-refractivity contribution in [2.24, 2.45) is 0 Å².